The van der Waals surface area contributed by atoms with Crippen LogP contribution in [0.4, 0.5) is 15.5 Å². The van der Waals surface area contributed by atoms with Crippen LogP contribution in [-0.2, 0) is 29.5 Å². The number of halogens is 3. The zero-order valence-corrected chi connectivity index (χ0v) is 48.3. The van der Waals surface area contributed by atoms with Crippen molar-refractivity contribution >= 4 is 94.8 Å². The molecule has 3 N–H and O–H groups in total. The molecule has 0 atom stereocenters. The maximum atomic E-state index is 13.5. The van der Waals surface area contributed by atoms with Crippen molar-refractivity contribution in [3.63, 3.8) is 0 Å². The summed E-state index contributed by atoms with van der Waals surface area (Å²) in [4.78, 5) is 44.9. The number of benzene rings is 4. The molecule has 4 aromatic carbocycles. The monoisotopic (exact) mass is 1190 g/mol. The van der Waals surface area contributed by atoms with Crippen LogP contribution in [0.2, 0.25) is 15.3 Å². The average molecular weight is 1190 g/mol. The Labute approximate surface area is 482 Å². The molecule has 2 amide bonds. The zero-order valence-electron chi connectivity index (χ0n) is 44.4. The second-order valence-corrected chi connectivity index (χ2v) is 25.5. The average Bonchev–Trinajstić information content (AvgIpc) is 4.25. The summed E-state index contributed by atoms with van der Waals surface area (Å²) < 4.78 is 66.5. The lowest BCUT2D eigenvalue weighted by molar-refractivity contribution is 0.0197. The van der Waals surface area contributed by atoms with E-state index in [4.69, 9.17) is 50.0 Å². The predicted molar refractivity (Wildman–Crippen MR) is 315 cm³/mol. The Balaban J connectivity index is 0.000000193. The number of ether oxygens (including phenoxy) is 2. The minimum Gasteiger partial charge on any atom is -0.444 e. The van der Waals surface area contributed by atoms with Crippen LogP contribution in [0.15, 0.2) is 144 Å². The number of fused-ring (bicyclic) bond motifs is 2. The summed E-state index contributed by atoms with van der Waals surface area (Å²) in [5.41, 5.74) is 7.81. The number of rotatable bonds is 8. The number of carbonyl (C=O) groups is 2. The highest BCUT2D eigenvalue weighted by Crippen LogP contribution is 2.38. The highest BCUT2D eigenvalue weighted by molar-refractivity contribution is 7.90. The normalized spacial score (nSPS) is 14.5. The molecule has 80 heavy (non-hydrogen) atoms. The Kier molecular flexibility index (Phi) is 19.3. The smallest absolute Gasteiger partial charge is 0.410 e. The number of nitrogens with zero attached hydrogens (tertiary/aromatic N) is 8. The summed E-state index contributed by atoms with van der Waals surface area (Å²) in [6, 6.07) is 31.2. The van der Waals surface area contributed by atoms with Crippen LogP contribution in [0.25, 0.3) is 44.3 Å². The van der Waals surface area contributed by atoms with Gasteiger partial charge in [-0.05, 0) is 115 Å². The van der Waals surface area contributed by atoms with Crippen LogP contribution < -0.4 is 11.1 Å². The number of nitrogens with two attached hydrogens (primary N) is 1. The maximum absolute atomic E-state index is 13.5. The van der Waals surface area contributed by atoms with Gasteiger partial charge in [0.2, 0.25) is 11.2 Å². The van der Waals surface area contributed by atoms with E-state index in [2.05, 4.69) is 25.3 Å². The quantitative estimate of drug-likeness (QED) is 0.135. The number of amides is 2. The topological polar surface area (TPSA) is 227 Å². The van der Waals surface area contributed by atoms with Crippen molar-refractivity contribution in [1.82, 2.24) is 37.7 Å². The summed E-state index contributed by atoms with van der Waals surface area (Å²) >= 11 is 18.7. The summed E-state index contributed by atoms with van der Waals surface area (Å²) in [6.07, 6.45) is 8.60. The summed E-state index contributed by atoms with van der Waals surface area (Å²) in [7, 11) is -7.63. The summed E-state index contributed by atoms with van der Waals surface area (Å²) in [6.45, 7) is 13.7. The van der Waals surface area contributed by atoms with Crippen LogP contribution in [0, 0.1) is 0 Å². The largest absolute Gasteiger partial charge is 0.444 e. The van der Waals surface area contributed by atoms with Crippen molar-refractivity contribution < 1.29 is 35.9 Å². The van der Waals surface area contributed by atoms with Gasteiger partial charge in [-0.3, -0.25) is 0 Å². The molecule has 0 aliphatic carbocycles. The van der Waals surface area contributed by atoms with Crippen LogP contribution in [-0.4, -0.2) is 116 Å². The third-order valence-electron chi connectivity index (χ3n) is 12.6. The van der Waals surface area contributed by atoms with Gasteiger partial charge in [0.1, 0.15) is 11.2 Å². The number of para-hydroxylation sites is 2. The Morgan fingerprint density at radius 1 is 0.575 bits per heavy atom. The number of piperidine rings is 2. The number of hydrogen-bond donors (Lipinski definition) is 2. The standard InChI is InChI=1S/C28H30ClN5O4S.C18H11Cl2N3O2S.C10H20N2O2.CH4/c1-28(2,3)38-27(35)33-15-13-19(14-16-33)31-26-30-17-23(29)25(32-26)22-18-34(24-12-8-7-11-21(22)24)39(36,37)20-9-5-4-6-10-20;19-15-10-21-18(20)22-17(15)14-11-23(16-9-5-4-8-13(14)16)26(24,25)12-6-2-1-3-7-12;1-10(2,3)14-9(13)12-6-4-8(11)5-7-12;/h4-12,17-19H,13-16H2,1-3H3,(H,30,31,32);1-11H;8H,4-7,11H2,1-3H3;1H4. The fourth-order valence-electron chi connectivity index (χ4n) is 8.77. The Morgan fingerprint density at radius 2 is 0.963 bits per heavy atom. The van der Waals surface area contributed by atoms with Gasteiger partial charge >= 0.3 is 12.2 Å². The number of hydrogen-bond acceptors (Lipinski definition) is 14. The molecule has 2 aliphatic heterocycles. The third-order valence-corrected chi connectivity index (χ3v) is 16.7. The van der Waals surface area contributed by atoms with Crippen LogP contribution in [0.3, 0.4) is 0 Å². The molecule has 8 aromatic rings. The molecule has 4 aromatic heterocycles. The van der Waals surface area contributed by atoms with Crippen LogP contribution >= 0.6 is 34.8 Å². The Hall–Kier alpha value is -6.81. The first-order valence-corrected chi connectivity index (χ1v) is 29.4. The van der Waals surface area contributed by atoms with Gasteiger partial charge in [0.05, 0.1) is 54.7 Å². The fraction of sp³-hybridized carbons (Fsp3) is 0.333. The molecule has 424 valence electrons. The molecular weight excluding hydrogens is 1120 g/mol. The van der Waals surface area contributed by atoms with E-state index >= 15 is 0 Å². The number of nitrogens with one attached hydrogen (secondary N) is 1. The van der Waals surface area contributed by atoms with Gasteiger partial charge in [0.15, 0.2) is 0 Å². The molecule has 18 nitrogen and oxygen atoms in total. The minimum atomic E-state index is -3.85. The first-order valence-electron chi connectivity index (χ1n) is 25.4. The molecular formula is C57H65Cl3N10O8S2. The van der Waals surface area contributed by atoms with Gasteiger partial charge in [-0.25, -0.2) is 54.3 Å². The predicted octanol–water partition coefficient (Wildman–Crippen LogP) is 12.4. The van der Waals surface area contributed by atoms with Crippen molar-refractivity contribution in [2.45, 2.75) is 108 Å². The lowest BCUT2D eigenvalue weighted by Crippen LogP contribution is -2.44. The first kappa shape index (κ1) is 60.8. The van der Waals surface area contributed by atoms with E-state index in [1.165, 1.54) is 26.5 Å². The lowest BCUT2D eigenvalue weighted by atomic mass is 10.1. The number of likely N-dealkylation sites (tertiary alicyclic amines) is 2. The molecule has 2 saturated heterocycles. The molecule has 2 aliphatic rings. The molecule has 0 bridgehead atoms. The minimum absolute atomic E-state index is 0. The van der Waals surface area contributed by atoms with Gasteiger partial charge in [-0.2, -0.15) is 0 Å². The second-order valence-electron chi connectivity index (χ2n) is 20.8. The molecule has 0 unspecified atom stereocenters. The fourth-order valence-corrected chi connectivity index (χ4v) is 12.1. The van der Waals surface area contributed by atoms with Gasteiger partial charge in [0, 0.05) is 72.6 Å². The van der Waals surface area contributed by atoms with Crippen molar-refractivity contribution in [3.8, 4) is 22.5 Å². The molecule has 0 spiro atoms. The SMILES string of the molecule is C.CC(C)(C)OC(=O)N1CCC(N)CC1.CC(C)(C)OC(=O)N1CCC(Nc2ncc(Cl)c(-c3cn(S(=O)(=O)c4ccccc4)c4ccccc34)n2)CC1.O=S(=O)(c1ccccc1)n1cc(-c2nc(Cl)ncc2Cl)c2ccccc21. The Morgan fingerprint density at radius 3 is 1.40 bits per heavy atom. The van der Waals surface area contributed by atoms with Crippen molar-refractivity contribution in [3.05, 3.63) is 149 Å². The van der Waals surface area contributed by atoms with Gasteiger partial charge in [-0.1, -0.05) is 103 Å². The molecule has 2 fully saturated rings. The summed E-state index contributed by atoms with van der Waals surface area (Å²) in [5.74, 6) is 0.382. The number of aromatic nitrogens is 6. The van der Waals surface area contributed by atoms with E-state index in [0.717, 1.165) is 25.9 Å². The van der Waals surface area contributed by atoms with Crippen molar-refractivity contribution in [2.24, 2.45) is 5.73 Å². The van der Waals surface area contributed by atoms with Crippen molar-refractivity contribution in [2.75, 3.05) is 31.5 Å². The number of carbonyl (C=O) groups excluding carboxylic acids is 2. The van der Waals surface area contributed by atoms with E-state index < -0.39 is 31.2 Å². The highest BCUT2D eigenvalue weighted by Gasteiger charge is 2.30. The van der Waals surface area contributed by atoms with Gasteiger partial charge in [0.25, 0.3) is 20.0 Å². The molecule has 0 saturated carbocycles. The molecule has 6 heterocycles. The molecule has 0 radical (unpaired) electrons. The Bertz CT molecular complexity index is 3690. The van der Waals surface area contributed by atoms with Gasteiger partial charge in [-0.15, -0.1) is 0 Å². The first-order chi connectivity index (χ1) is 37.4. The van der Waals surface area contributed by atoms with Crippen molar-refractivity contribution in [1.29, 1.82) is 0 Å². The zero-order chi connectivity index (χ0) is 56.9. The maximum Gasteiger partial charge on any atom is 0.410 e. The third kappa shape index (κ3) is 14.6. The summed E-state index contributed by atoms with van der Waals surface area (Å²) in [5, 5.41) is 5.38. The second kappa shape index (κ2) is 25.3. The van der Waals surface area contributed by atoms with E-state index in [9.17, 15) is 26.4 Å². The lowest BCUT2D eigenvalue weighted by Gasteiger charge is -2.33. The van der Waals surface area contributed by atoms with Crippen LogP contribution in [0.1, 0.15) is 74.7 Å². The molecule has 10 rings (SSSR count). The van der Waals surface area contributed by atoms with Crippen LogP contribution in [0.5, 0.6) is 0 Å². The molecule has 23 heteroatoms. The van der Waals surface area contributed by atoms with E-state index in [0.29, 0.717) is 81.2 Å². The van der Waals surface area contributed by atoms with E-state index in [-0.39, 0.29) is 51.8 Å². The van der Waals surface area contributed by atoms with Gasteiger partial charge < -0.3 is 30.3 Å². The highest BCUT2D eigenvalue weighted by atomic mass is 35.5. The van der Waals surface area contributed by atoms with E-state index in [1.54, 1.807) is 101 Å². The van der Waals surface area contributed by atoms with E-state index in [1.807, 2.05) is 65.8 Å². The number of anilines is 1.